The highest BCUT2D eigenvalue weighted by molar-refractivity contribution is 5.71. The smallest absolute Gasteiger partial charge is 0.109 e. The van der Waals surface area contributed by atoms with E-state index in [9.17, 15) is 0 Å². The molecule has 0 radical (unpaired) electrons. The average molecular weight is 194 g/mol. The summed E-state index contributed by atoms with van der Waals surface area (Å²) in [4.78, 5) is 6.48. The first kappa shape index (κ1) is 11.3. The molecular weight excluding hydrogens is 172 g/mol. The van der Waals surface area contributed by atoms with Gasteiger partial charge in [-0.1, -0.05) is 39.0 Å². The van der Waals surface area contributed by atoms with Gasteiger partial charge in [0.1, 0.15) is 6.67 Å². The molecule has 0 fully saturated rings. The SMILES string of the molecule is CCCCCCCCN1C=CC=NC1. The van der Waals surface area contributed by atoms with Crippen LogP contribution in [0.5, 0.6) is 0 Å². The molecule has 1 heterocycles. The van der Waals surface area contributed by atoms with Crippen molar-refractivity contribution in [1.29, 1.82) is 0 Å². The Kier molecular flexibility index (Phi) is 6.13. The van der Waals surface area contributed by atoms with Crippen molar-refractivity contribution in [2.45, 2.75) is 45.4 Å². The molecular formula is C12H22N2. The van der Waals surface area contributed by atoms with Gasteiger partial charge in [0.25, 0.3) is 0 Å². The number of nitrogens with zero attached hydrogens (tertiary/aromatic N) is 2. The Bertz CT molecular complexity index is 185. The lowest BCUT2D eigenvalue weighted by molar-refractivity contribution is 0.370. The van der Waals surface area contributed by atoms with E-state index in [4.69, 9.17) is 0 Å². The Balaban J connectivity index is 1.88. The predicted molar refractivity (Wildman–Crippen MR) is 62.6 cm³/mol. The molecule has 1 aliphatic heterocycles. The first-order valence-corrected chi connectivity index (χ1v) is 5.84. The molecule has 0 unspecified atom stereocenters. The Morgan fingerprint density at radius 1 is 1.14 bits per heavy atom. The van der Waals surface area contributed by atoms with Crippen LogP contribution in [0.3, 0.4) is 0 Å². The van der Waals surface area contributed by atoms with Crippen molar-refractivity contribution in [1.82, 2.24) is 4.90 Å². The van der Waals surface area contributed by atoms with Gasteiger partial charge in [0.15, 0.2) is 0 Å². The van der Waals surface area contributed by atoms with Gasteiger partial charge in [0, 0.05) is 19.0 Å². The number of hydrogen-bond donors (Lipinski definition) is 0. The highest BCUT2D eigenvalue weighted by Crippen LogP contribution is 2.06. The van der Waals surface area contributed by atoms with Gasteiger partial charge in [-0.15, -0.1) is 0 Å². The van der Waals surface area contributed by atoms with Crippen LogP contribution in [-0.4, -0.2) is 24.3 Å². The normalized spacial score (nSPS) is 15.1. The summed E-state index contributed by atoms with van der Waals surface area (Å²) in [6.45, 7) is 4.28. The largest absolute Gasteiger partial charge is 0.358 e. The molecule has 0 saturated carbocycles. The molecule has 80 valence electrons. The second-order valence-corrected chi connectivity index (χ2v) is 3.89. The Hall–Kier alpha value is -0.790. The quantitative estimate of drug-likeness (QED) is 0.568. The van der Waals surface area contributed by atoms with Crippen LogP contribution < -0.4 is 0 Å². The van der Waals surface area contributed by atoms with Crippen LogP contribution in [0.1, 0.15) is 45.4 Å². The molecule has 0 amide bonds. The maximum atomic E-state index is 4.20. The topological polar surface area (TPSA) is 15.6 Å². The van der Waals surface area contributed by atoms with Gasteiger partial charge >= 0.3 is 0 Å². The fraction of sp³-hybridized carbons (Fsp3) is 0.750. The van der Waals surface area contributed by atoms with Crippen LogP contribution in [0, 0.1) is 0 Å². The lowest BCUT2D eigenvalue weighted by Gasteiger charge is -2.19. The zero-order valence-corrected chi connectivity index (χ0v) is 9.28. The molecule has 2 nitrogen and oxygen atoms in total. The number of aliphatic imine (C=N–C) groups is 1. The molecule has 0 saturated heterocycles. The molecule has 0 N–H and O–H groups in total. The molecule has 1 rings (SSSR count). The van der Waals surface area contributed by atoms with Crippen LogP contribution in [0.2, 0.25) is 0 Å². The summed E-state index contributed by atoms with van der Waals surface area (Å²) in [6.07, 6.45) is 14.2. The highest BCUT2D eigenvalue weighted by atomic mass is 15.2. The van der Waals surface area contributed by atoms with Crippen molar-refractivity contribution in [3.63, 3.8) is 0 Å². The van der Waals surface area contributed by atoms with Crippen molar-refractivity contribution >= 4 is 6.21 Å². The average Bonchev–Trinajstić information content (AvgIpc) is 2.25. The second-order valence-electron chi connectivity index (χ2n) is 3.89. The van der Waals surface area contributed by atoms with Gasteiger partial charge in [-0.25, -0.2) is 0 Å². The summed E-state index contributed by atoms with van der Waals surface area (Å²) >= 11 is 0. The van der Waals surface area contributed by atoms with E-state index >= 15 is 0 Å². The Morgan fingerprint density at radius 3 is 2.64 bits per heavy atom. The summed E-state index contributed by atoms with van der Waals surface area (Å²) in [5.41, 5.74) is 0. The molecule has 0 spiro atoms. The maximum absolute atomic E-state index is 4.20. The molecule has 1 aliphatic rings. The van der Waals surface area contributed by atoms with E-state index < -0.39 is 0 Å². The summed E-state index contributed by atoms with van der Waals surface area (Å²) in [5, 5.41) is 0. The summed E-state index contributed by atoms with van der Waals surface area (Å²) < 4.78 is 0. The summed E-state index contributed by atoms with van der Waals surface area (Å²) in [6, 6.07) is 0. The van der Waals surface area contributed by atoms with Crippen molar-refractivity contribution in [2.75, 3.05) is 13.2 Å². The maximum Gasteiger partial charge on any atom is 0.109 e. The van der Waals surface area contributed by atoms with Crippen LogP contribution in [0.15, 0.2) is 17.3 Å². The second kappa shape index (κ2) is 7.60. The molecule has 0 bridgehead atoms. The molecule has 0 aliphatic carbocycles. The number of allylic oxidation sites excluding steroid dienone is 1. The van der Waals surface area contributed by atoms with Gasteiger partial charge in [0.05, 0.1) is 0 Å². The third-order valence-electron chi connectivity index (χ3n) is 2.55. The van der Waals surface area contributed by atoms with E-state index in [1.54, 1.807) is 0 Å². The lowest BCUT2D eigenvalue weighted by Crippen LogP contribution is -2.20. The zero-order chi connectivity index (χ0) is 10.1. The van der Waals surface area contributed by atoms with E-state index in [1.165, 1.54) is 45.1 Å². The van der Waals surface area contributed by atoms with Crippen LogP contribution in [0.4, 0.5) is 0 Å². The molecule has 2 heteroatoms. The number of unbranched alkanes of at least 4 members (excludes halogenated alkanes) is 5. The lowest BCUT2D eigenvalue weighted by atomic mass is 10.1. The molecule has 0 aromatic rings. The minimum Gasteiger partial charge on any atom is -0.358 e. The van der Waals surface area contributed by atoms with E-state index in [1.807, 2.05) is 12.3 Å². The fourth-order valence-corrected chi connectivity index (χ4v) is 1.66. The minimum absolute atomic E-state index is 0.853. The van der Waals surface area contributed by atoms with Crippen LogP contribution in [0.25, 0.3) is 0 Å². The highest BCUT2D eigenvalue weighted by Gasteiger charge is 1.99. The van der Waals surface area contributed by atoms with Gasteiger partial charge in [-0.3, -0.25) is 4.99 Å². The van der Waals surface area contributed by atoms with Gasteiger partial charge < -0.3 is 4.90 Å². The molecule has 0 aromatic heterocycles. The molecule has 14 heavy (non-hydrogen) atoms. The third kappa shape index (κ3) is 5.05. The van der Waals surface area contributed by atoms with E-state index in [-0.39, 0.29) is 0 Å². The first-order valence-electron chi connectivity index (χ1n) is 5.84. The Labute approximate surface area is 87.7 Å². The summed E-state index contributed by atoms with van der Waals surface area (Å²) in [7, 11) is 0. The summed E-state index contributed by atoms with van der Waals surface area (Å²) in [5.74, 6) is 0. The fourth-order valence-electron chi connectivity index (χ4n) is 1.66. The number of rotatable bonds is 7. The van der Waals surface area contributed by atoms with E-state index in [2.05, 4.69) is 23.0 Å². The minimum atomic E-state index is 0.853. The third-order valence-corrected chi connectivity index (χ3v) is 2.55. The van der Waals surface area contributed by atoms with Crippen molar-refractivity contribution in [3.05, 3.63) is 12.3 Å². The van der Waals surface area contributed by atoms with Crippen LogP contribution in [-0.2, 0) is 0 Å². The Morgan fingerprint density at radius 2 is 1.93 bits per heavy atom. The van der Waals surface area contributed by atoms with Gasteiger partial charge in [0.2, 0.25) is 0 Å². The zero-order valence-electron chi connectivity index (χ0n) is 9.28. The van der Waals surface area contributed by atoms with Gasteiger partial charge in [-0.05, 0) is 12.5 Å². The van der Waals surface area contributed by atoms with Crippen molar-refractivity contribution in [3.8, 4) is 0 Å². The first-order chi connectivity index (χ1) is 6.93. The van der Waals surface area contributed by atoms with Crippen LogP contribution >= 0.6 is 0 Å². The van der Waals surface area contributed by atoms with Gasteiger partial charge in [-0.2, -0.15) is 0 Å². The number of hydrogen-bond acceptors (Lipinski definition) is 2. The van der Waals surface area contributed by atoms with Crippen molar-refractivity contribution < 1.29 is 0 Å². The van der Waals surface area contributed by atoms with Crippen molar-refractivity contribution in [2.24, 2.45) is 4.99 Å². The van der Waals surface area contributed by atoms with E-state index in [0.29, 0.717) is 0 Å². The monoisotopic (exact) mass is 194 g/mol. The molecule has 0 aromatic carbocycles. The molecule has 0 atom stereocenters. The standard InChI is InChI=1S/C12H22N2/c1-2-3-4-5-6-7-10-14-11-8-9-13-12-14/h8-9,11H,2-7,10,12H2,1H3. The predicted octanol–water partition coefficient (Wildman–Crippen LogP) is 3.20. The van der Waals surface area contributed by atoms with E-state index in [0.717, 1.165) is 6.67 Å².